The van der Waals surface area contributed by atoms with Crippen molar-refractivity contribution in [2.75, 3.05) is 19.8 Å². The maximum Gasteiger partial charge on any atom is 0.344 e. The third-order valence-corrected chi connectivity index (χ3v) is 5.06. The van der Waals surface area contributed by atoms with Crippen molar-refractivity contribution in [2.24, 2.45) is 0 Å². The Bertz CT molecular complexity index is 745. The van der Waals surface area contributed by atoms with Crippen molar-refractivity contribution in [1.82, 2.24) is 4.90 Å². The molecule has 1 aliphatic rings. The Morgan fingerprint density at radius 2 is 2.08 bits per heavy atom. The van der Waals surface area contributed by atoms with Crippen LogP contribution in [0.3, 0.4) is 0 Å². The summed E-state index contributed by atoms with van der Waals surface area (Å²) < 4.78 is 10.7. The van der Waals surface area contributed by atoms with Gasteiger partial charge in [-0.05, 0) is 64.8 Å². The van der Waals surface area contributed by atoms with Gasteiger partial charge < -0.3 is 9.47 Å². The molecule has 26 heavy (non-hydrogen) atoms. The molecule has 0 N–H and O–H groups in total. The van der Waals surface area contributed by atoms with Gasteiger partial charge in [-0.3, -0.25) is 14.5 Å². The molecule has 1 heterocycles. The van der Waals surface area contributed by atoms with E-state index in [4.69, 9.17) is 21.1 Å². The van der Waals surface area contributed by atoms with Gasteiger partial charge in [0.25, 0.3) is 11.1 Å². The number of hydrogen-bond donors (Lipinski definition) is 0. The number of rotatable bonds is 7. The third-order valence-electron chi connectivity index (χ3n) is 3.28. The van der Waals surface area contributed by atoms with Crippen molar-refractivity contribution in [3.05, 3.63) is 32.1 Å². The van der Waals surface area contributed by atoms with Crippen LogP contribution in [-0.2, 0) is 14.3 Å². The van der Waals surface area contributed by atoms with Crippen molar-refractivity contribution in [3.8, 4) is 5.75 Å². The van der Waals surface area contributed by atoms with Crippen molar-refractivity contribution < 1.29 is 23.9 Å². The quantitative estimate of drug-likeness (QED) is 0.439. The fourth-order valence-electron chi connectivity index (χ4n) is 2.20. The Morgan fingerprint density at radius 1 is 1.35 bits per heavy atom. The summed E-state index contributed by atoms with van der Waals surface area (Å²) in [6, 6.07) is 3.29. The first-order chi connectivity index (χ1) is 12.4. The van der Waals surface area contributed by atoms with Crippen LogP contribution in [0.1, 0.15) is 25.8 Å². The summed E-state index contributed by atoms with van der Waals surface area (Å²) in [5, 5.41) is -0.00892. The average molecular weight is 463 g/mol. The van der Waals surface area contributed by atoms with E-state index in [1.807, 2.05) is 6.92 Å². The van der Waals surface area contributed by atoms with E-state index in [1.165, 1.54) is 4.90 Å². The van der Waals surface area contributed by atoms with E-state index in [2.05, 4.69) is 15.9 Å². The third kappa shape index (κ3) is 5.02. The average Bonchev–Trinajstić information content (AvgIpc) is 2.82. The molecule has 2 amide bonds. The molecule has 1 saturated heterocycles. The Balaban J connectivity index is 2.18. The number of thioether (sulfide) groups is 1. The summed E-state index contributed by atoms with van der Waals surface area (Å²) in [4.78, 5) is 37.1. The van der Waals surface area contributed by atoms with Gasteiger partial charge in [0, 0.05) is 6.54 Å². The van der Waals surface area contributed by atoms with E-state index in [0.717, 1.165) is 11.8 Å². The summed E-state index contributed by atoms with van der Waals surface area (Å²) in [6.07, 6.45) is 2.31. The van der Waals surface area contributed by atoms with Crippen LogP contribution in [0.4, 0.5) is 4.79 Å². The predicted octanol–water partition coefficient (Wildman–Crippen LogP) is 4.49. The first-order valence-electron chi connectivity index (χ1n) is 7.90. The summed E-state index contributed by atoms with van der Waals surface area (Å²) in [5.41, 5.74) is 0.632. The summed E-state index contributed by atoms with van der Waals surface area (Å²) in [5.74, 6) is -0.503. The maximum absolute atomic E-state index is 12.3. The van der Waals surface area contributed by atoms with Crippen LogP contribution >= 0.6 is 39.3 Å². The normalized spacial score (nSPS) is 15.7. The van der Waals surface area contributed by atoms with Crippen LogP contribution in [0.2, 0.25) is 5.02 Å². The molecular formula is C17H17BrClNO5S. The Hall–Kier alpha value is -1.51. The minimum absolute atomic E-state index is 0.262. The van der Waals surface area contributed by atoms with E-state index in [-0.39, 0.29) is 29.4 Å². The smallest absolute Gasteiger partial charge is 0.344 e. The highest BCUT2D eigenvalue weighted by Gasteiger charge is 2.34. The largest absolute Gasteiger partial charge is 0.479 e. The van der Waals surface area contributed by atoms with Crippen molar-refractivity contribution >= 4 is 62.5 Å². The summed E-state index contributed by atoms with van der Waals surface area (Å²) in [6.45, 7) is 4.01. The molecule has 0 radical (unpaired) electrons. The lowest BCUT2D eigenvalue weighted by molar-refractivity contribution is -0.145. The molecule has 1 aromatic rings. The Kier molecular flexibility index (Phi) is 7.55. The molecule has 0 saturated carbocycles. The van der Waals surface area contributed by atoms with Crippen LogP contribution in [0.5, 0.6) is 5.75 Å². The van der Waals surface area contributed by atoms with Crippen LogP contribution in [0, 0.1) is 0 Å². The van der Waals surface area contributed by atoms with Crippen LogP contribution in [0.15, 0.2) is 21.5 Å². The topological polar surface area (TPSA) is 72.9 Å². The van der Waals surface area contributed by atoms with Gasteiger partial charge in [0.15, 0.2) is 12.4 Å². The lowest BCUT2D eigenvalue weighted by atomic mass is 10.2. The van der Waals surface area contributed by atoms with Gasteiger partial charge in [0.05, 0.1) is 21.0 Å². The fraction of sp³-hybridized carbons (Fsp3) is 0.353. The standard InChI is InChI=1S/C17H17BrClNO5S/c1-3-5-20-16(22)13(26-17(20)23)8-10-6-11(18)15(12(19)7-10)25-9-14(21)24-4-2/h6-8H,3-5,9H2,1-2H3/b13-8+. The van der Waals surface area contributed by atoms with Crippen LogP contribution in [-0.4, -0.2) is 41.8 Å². The van der Waals surface area contributed by atoms with Gasteiger partial charge in [-0.25, -0.2) is 4.79 Å². The second-order valence-electron chi connectivity index (χ2n) is 5.24. The van der Waals surface area contributed by atoms with Gasteiger partial charge in [-0.15, -0.1) is 0 Å². The molecule has 0 unspecified atom stereocenters. The highest BCUT2D eigenvalue weighted by atomic mass is 79.9. The van der Waals surface area contributed by atoms with Gasteiger partial charge in [-0.2, -0.15) is 0 Å². The molecule has 2 rings (SSSR count). The predicted molar refractivity (Wildman–Crippen MR) is 104 cm³/mol. The number of carbonyl (C=O) groups excluding carboxylic acids is 3. The number of halogens is 2. The number of amides is 2. The molecule has 0 aromatic heterocycles. The van der Waals surface area contributed by atoms with E-state index in [9.17, 15) is 14.4 Å². The molecule has 6 nitrogen and oxygen atoms in total. The highest BCUT2D eigenvalue weighted by molar-refractivity contribution is 9.10. The summed E-state index contributed by atoms with van der Waals surface area (Å²) in [7, 11) is 0. The number of nitrogens with zero attached hydrogens (tertiary/aromatic N) is 1. The van der Waals surface area contributed by atoms with Crippen molar-refractivity contribution in [1.29, 1.82) is 0 Å². The molecular weight excluding hydrogens is 446 g/mol. The van der Waals surface area contributed by atoms with Crippen molar-refractivity contribution in [2.45, 2.75) is 20.3 Å². The lowest BCUT2D eigenvalue weighted by Gasteiger charge is -2.11. The van der Waals surface area contributed by atoms with Crippen LogP contribution < -0.4 is 4.74 Å². The number of benzene rings is 1. The zero-order valence-corrected chi connectivity index (χ0v) is 17.4. The van der Waals surface area contributed by atoms with E-state index in [1.54, 1.807) is 25.1 Å². The van der Waals surface area contributed by atoms with Gasteiger partial charge in [-0.1, -0.05) is 18.5 Å². The van der Waals surface area contributed by atoms with Gasteiger partial charge >= 0.3 is 5.97 Å². The highest BCUT2D eigenvalue weighted by Crippen LogP contribution is 2.37. The lowest BCUT2D eigenvalue weighted by Crippen LogP contribution is -2.28. The maximum atomic E-state index is 12.3. The molecule has 0 bridgehead atoms. The SMILES string of the molecule is CCCN1C(=O)S/C(=C/c2cc(Cl)c(OCC(=O)OCC)c(Br)c2)C1=O. The second-order valence-corrected chi connectivity index (χ2v) is 7.50. The summed E-state index contributed by atoms with van der Waals surface area (Å²) >= 11 is 10.5. The molecule has 0 spiro atoms. The van der Waals surface area contributed by atoms with Crippen molar-refractivity contribution in [3.63, 3.8) is 0 Å². The molecule has 1 aromatic carbocycles. The number of hydrogen-bond acceptors (Lipinski definition) is 6. The number of ether oxygens (including phenoxy) is 2. The first kappa shape index (κ1) is 20.8. The Labute approximate surface area is 169 Å². The minimum Gasteiger partial charge on any atom is -0.479 e. The van der Waals surface area contributed by atoms with Gasteiger partial charge in [0.2, 0.25) is 0 Å². The zero-order valence-electron chi connectivity index (χ0n) is 14.2. The molecule has 140 valence electrons. The molecule has 9 heteroatoms. The fourth-order valence-corrected chi connectivity index (χ4v) is 4.06. The van der Waals surface area contributed by atoms with E-state index < -0.39 is 5.97 Å². The van der Waals surface area contributed by atoms with E-state index >= 15 is 0 Å². The zero-order chi connectivity index (χ0) is 19.3. The Morgan fingerprint density at radius 3 is 2.69 bits per heavy atom. The monoisotopic (exact) mass is 461 g/mol. The van der Waals surface area contributed by atoms with Crippen LogP contribution in [0.25, 0.3) is 6.08 Å². The molecule has 0 atom stereocenters. The first-order valence-corrected chi connectivity index (χ1v) is 9.88. The minimum atomic E-state index is -0.496. The molecule has 0 aliphatic carbocycles. The number of imide groups is 1. The second kappa shape index (κ2) is 9.43. The molecule has 1 aliphatic heterocycles. The van der Waals surface area contributed by atoms with E-state index in [0.29, 0.717) is 33.7 Å². The van der Waals surface area contributed by atoms with Gasteiger partial charge in [0.1, 0.15) is 0 Å². The number of carbonyl (C=O) groups is 3. The number of esters is 1. The molecule has 1 fully saturated rings.